The number of sulfone groups is 1. The van der Waals surface area contributed by atoms with Gasteiger partial charge >= 0.3 is 0 Å². The smallest absolute Gasteiger partial charge is 0.175 e. The number of aromatic amines is 1. The molecule has 3 heterocycles. The number of methoxy groups -OCH3 is 1. The van der Waals surface area contributed by atoms with E-state index in [0.717, 1.165) is 22.3 Å². The first kappa shape index (κ1) is 20.1. The van der Waals surface area contributed by atoms with E-state index in [2.05, 4.69) is 20.6 Å². The summed E-state index contributed by atoms with van der Waals surface area (Å²) in [5.41, 5.74) is 2.13. The van der Waals surface area contributed by atoms with Crippen molar-refractivity contribution >= 4 is 49.0 Å². The number of hydrogen-bond acceptors (Lipinski definition) is 8. The molecule has 2 N–H and O–H groups in total. The van der Waals surface area contributed by atoms with Crippen LogP contribution in [-0.2, 0) is 21.1 Å². The number of anilines is 3. The molecule has 0 amide bonds. The second-order valence-corrected chi connectivity index (χ2v) is 9.20. The highest BCUT2D eigenvalue weighted by Gasteiger charge is 2.18. The first-order chi connectivity index (χ1) is 14.3. The topological polar surface area (TPSA) is 118 Å². The predicted molar refractivity (Wildman–Crippen MR) is 116 cm³/mol. The molecule has 0 atom stereocenters. The third-order valence-electron chi connectivity index (χ3n) is 4.79. The summed E-state index contributed by atoms with van der Waals surface area (Å²) in [5, 5.41) is 16.4. The molecule has 10 nitrogen and oxygen atoms in total. The van der Waals surface area contributed by atoms with Gasteiger partial charge in [0, 0.05) is 38.2 Å². The van der Waals surface area contributed by atoms with Gasteiger partial charge in [0.25, 0.3) is 0 Å². The van der Waals surface area contributed by atoms with E-state index >= 15 is 0 Å². The van der Waals surface area contributed by atoms with Crippen LogP contribution in [0, 0.1) is 0 Å². The molecule has 0 radical (unpaired) electrons. The molecule has 0 saturated carbocycles. The molecule has 0 aliphatic carbocycles. The normalized spacial score (nSPS) is 12.0. The minimum Gasteiger partial charge on any atom is -0.383 e. The zero-order valence-corrected chi connectivity index (χ0v) is 18.0. The lowest BCUT2D eigenvalue weighted by Gasteiger charge is -2.18. The molecule has 3 aromatic heterocycles. The number of nitrogens with one attached hydrogen (secondary N) is 2. The predicted octanol–water partition coefficient (Wildman–Crippen LogP) is 2.17. The Bertz CT molecular complexity index is 1320. The van der Waals surface area contributed by atoms with Gasteiger partial charge in [-0.05, 0) is 18.2 Å². The molecular weight excluding hydrogens is 406 g/mol. The molecule has 0 spiro atoms. The van der Waals surface area contributed by atoms with Crippen molar-refractivity contribution in [3.8, 4) is 0 Å². The van der Waals surface area contributed by atoms with Gasteiger partial charge in [-0.3, -0.25) is 5.10 Å². The van der Waals surface area contributed by atoms with Gasteiger partial charge in [0.1, 0.15) is 11.2 Å². The van der Waals surface area contributed by atoms with Crippen LogP contribution in [0.2, 0.25) is 0 Å². The summed E-state index contributed by atoms with van der Waals surface area (Å²) in [6.07, 6.45) is 4.60. The summed E-state index contributed by atoms with van der Waals surface area (Å²) in [5.74, 6) is 1.46. The summed E-state index contributed by atoms with van der Waals surface area (Å²) in [6, 6.07) is 4.90. The maximum atomic E-state index is 12.0. The SMILES string of the molecule is COCCn1ncc(Nc2nc3ccc(S(C)(=O)=O)cc3c3cn[nH]c23)c1N(C)C. The number of ether oxygens (including phenoxy) is 1. The lowest BCUT2D eigenvalue weighted by molar-refractivity contribution is 0.184. The second kappa shape index (κ2) is 7.58. The van der Waals surface area contributed by atoms with Gasteiger partial charge in [0.2, 0.25) is 0 Å². The Kier molecular flexibility index (Phi) is 5.08. The number of benzene rings is 1. The van der Waals surface area contributed by atoms with Crippen LogP contribution in [-0.4, -0.2) is 67.4 Å². The van der Waals surface area contributed by atoms with Crippen molar-refractivity contribution in [3.63, 3.8) is 0 Å². The molecule has 11 heteroatoms. The van der Waals surface area contributed by atoms with Gasteiger partial charge in [-0.2, -0.15) is 10.2 Å². The van der Waals surface area contributed by atoms with E-state index in [0.29, 0.717) is 30.0 Å². The molecule has 0 saturated heterocycles. The fourth-order valence-electron chi connectivity index (χ4n) is 3.40. The van der Waals surface area contributed by atoms with E-state index < -0.39 is 9.84 Å². The minimum absolute atomic E-state index is 0.245. The number of hydrogen-bond donors (Lipinski definition) is 2. The van der Waals surface area contributed by atoms with E-state index in [4.69, 9.17) is 9.72 Å². The van der Waals surface area contributed by atoms with Crippen molar-refractivity contribution in [2.75, 3.05) is 44.3 Å². The van der Waals surface area contributed by atoms with Gasteiger partial charge in [0.05, 0.1) is 36.0 Å². The quantitative estimate of drug-likeness (QED) is 0.459. The standard InChI is InChI=1S/C19H23N7O3S/c1-25(2)19-16(11-21-26(19)7-8-29-3)23-18-17-14(10-20-24-17)13-9-12(30(4,27)28)5-6-15(13)22-18/h5-6,9-11H,7-8H2,1-4H3,(H,20,24)(H,22,23). The molecule has 0 bridgehead atoms. The monoisotopic (exact) mass is 429 g/mol. The highest BCUT2D eigenvalue weighted by atomic mass is 32.2. The lowest BCUT2D eigenvalue weighted by Crippen LogP contribution is -2.18. The van der Waals surface area contributed by atoms with Crippen LogP contribution in [0.3, 0.4) is 0 Å². The van der Waals surface area contributed by atoms with Crippen molar-refractivity contribution < 1.29 is 13.2 Å². The van der Waals surface area contributed by atoms with Gasteiger partial charge in [-0.25, -0.2) is 18.1 Å². The average molecular weight is 430 g/mol. The van der Waals surface area contributed by atoms with Gasteiger partial charge in [0.15, 0.2) is 21.5 Å². The van der Waals surface area contributed by atoms with E-state index in [1.807, 2.05) is 23.7 Å². The summed E-state index contributed by atoms with van der Waals surface area (Å²) in [6.45, 7) is 1.16. The fraction of sp³-hybridized carbons (Fsp3) is 0.316. The first-order valence-electron chi connectivity index (χ1n) is 9.25. The van der Waals surface area contributed by atoms with Crippen molar-refractivity contribution in [1.29, 1.82) is 0 Å². The van der Waals surface area contributed by atoms with Crippen molar-refractivity contribution in [2.45, 2.75) is 11.4 Å². The zero-order chi connectivity index (χ0) is 21.5. The molecule has 1 aromatic carbocycles. The highest BCUT2D eigenvalue weighted by Crippen LogP contribution is 2.33. The Balaban J connectivity index is 1.82. The van der Waals surface area contributed by atoms with Crippen molar-refractivity contribution in [1.82, 2.24) is 25.0 Å². The largest absolute Gasteiger partial charge is 0.383 e. The zero-order valence-electron chi connectivity index (χ0n) is 17.2. The number of rotatable bonds is 7. The maximum Gasteiger partial charge on any atom is 0.175 e. The molecule has 30 heavy (non-hydrogen) atoms. The Morgan fingerprint density at radius 1 is 1.23 bits per heavy atom. The van der Waals surface area contributed by atoms with Crippen LogP contribution < -0.4 is 10.2 Å². The van der Waals surface area contributed by atoms with Gasteiger partial charge in [-0.15, -0.1) is 0 Å². The van der Waals surface area contributed by atoms with Crippen LogP contribution in [0.25, 0.3) is 21.8 Å². The van der Waals surface area contributed by atoms with E-state index in [1.54, 1.807) is 37.7 Å². The summed E-state index contributed by atoms with van der Waals surface area (Å²) >= 11 is 0. The van der Waals surface area contributed by atoms with Crippen LogP contribution in [0.4, 0.5) is 17.3 Å². The number of H-pyrrole nitrogens is 1. The molecule has 0 unspecified atom stereocenters. The van der Waals surface area contributed by atoms with Crippen molar-refractivity contribution in [3.05, 3.63) is 30.6 Å². The van der Waals surface area contributed by atoms with Crippen LogP contribution in [0.5, 0.6) is 0 Å². The molecular formula is C19H23N7O3S. The second-order valence-electron chi connectivity index (χ2n) is 7.19. The first-order valence-corrected chi connectivity index (χ1v) is 11.1. The van der Waals surface area contributed by atoms with E-state index in [1.165, 1.54) is 6.26 Å². The van der Waals surface area contributed by atoms with Gasteiger partial charge in [-0.1, -0.05) is 0 Å². The Hall–Kier alpha value is -3.18. The number of nitrogens with zero attached hydrogens (tertiary/aromatic N) is 5. The minimum atomic E-state index is -3.33. The number of fused-ring (bicyclic) bond motifs is 3. The van der Waals surface area contributed by atoms with Crippen LogP contribution in [0.1, 0.15) is 0 Å². The van der Waals surface area contributed by atoms with E-state index in [-0.39, 0.29) is 4.90 Å². The number of pyridine rings is 1. The number of aromatic nitrogens is 5. The summed E-state index contributed by atoms with van der Waals surface area (Å²) < 4.78 is 30.9. The summed E-state index contributed by atoms with van der Waals surface area (Å²) in [4.78, 5) is 6.92. The fourth-order valence-corrected chi connectivity index (χ4v) is 4.05. The van der Waals surface area contributed by atoms with Crippen LogP contribution in [0.15, 0.2) is 35.5 Å². The maximum absolute atomic E-state index is 12.0. The molecule has 158 valence electrons. The Morgan fingerprint density at radius 2 is 2.03 bits per heavy atom. The highest BCUT2D eigenvalue weighted by molar-refractivity contribution is 7.90. The Labute approximate surface area is 173 Å². The molecule has 0 aliphatic heterocycles. The molecule has 0 aliphatic rings. The molecule has 4 aromatic rings. The lowest BCUT2D eigenvalue weighted by atomic mass is 10.1. The molecule has 0 fully saturated rings. The van der Waals surface area contributed by atoms with Gasteiger partial charge < -0.3 is 15.0 Å². The van der Waals surface area contributed by atoms with E-state index in [9.17, 15) is 8.42 Å². The van der Waals surface area contributed by atoms with Crippen LogP contribution >= 0.6 is 0 Å². The third kappa shape index (κ3) is 3.57. The average Bonchev–Trinajstić information content (AvgIpc) is 3.33. The third-order valence-corrected chi connectivity index (χ3v) is 5.90. The molecule has 4 rings (SSSR count). The van der Waals surface area contributed by atoms with Crippen molar-refractivity contribution in [2.24, 2.45) is 0 Å². The summed E-state index contributed by atoms with van der Waals surface area (Å²) in [7, 11) is 2.21. The Morgan fingerprint density at radius 3 is 2.73 bits per heavy atom.